The van der Waals surface area contributed by atoms with Crippen LogP contribution in [0.5, 0.6) is 0 Å². The molecule has 1 amide bonds. The number of hydrogen-bond acceptors (Lipinski definition) is 3. The Bertz CT molecular complexity index is 414. The van der Waals surface area contributed by atoms with Crippen LogP contribution in [0, 0.1) is 5.92 Å². The highest BCUT2D eigenvalue weighted by atomic mass is 32.1. The lowest BCUT2D eigenvalue weighted by Gasteiger charge is -2.27. The second kappa shape index (κ2) is 7.46. The van der Waals surface area contributed by atoms with Gasteiger partial charge in [-0.3, -0.25) is 4.79 Å². The topological polar surface area (TPSA) is 29.5 Å². The number of ether oxygens (including phenoxy) is 1. The molecular weight excluding hydrogens is 258 g/mol. The largest absolute Gasteiger partial charge is 0.383 e. The summed E-state index contributed by atoms with van der Waals surface area (Å²) in [7, 11) is 1.68. The molecule has 1 aliphatic rings. The van der Waals surface area contributed by atoms with Gasteiger partial charge in [-0.1, -0.05) is 18.2 Å². The SMILES string of the molecule is COCCN(Cc1cccs1)C(=O)[C@H]1CC=CCC1. The Morgan fingerprint density at radius 2 is 2.42 bits per heavy atom. The van der Waals surface area contributed by atoms with E-state index in [0.29, 0.717) is 19.7 Å². The molecule has 1 atom stereocenters. The lowest BCUT2D eigenvalue weighted by Crippen LogP contribution is -2.38. The van der Waals surface area contributed by atoms with Crippen LogP contribution in [-0.4, -0.2) is 31.1 Å². The molecule has 1 aromatic rings. The van der Waals surface area contributed by atoms with E-state index in [1.54, 1.807) is 18.4 Å². The van der Waals surface area contributed by atoms with Gasteiger partial charge in [0.15, 0.2) is 0 Å². The van der Waals surface area contributed by atoms with Gasteiger partial charge >= 0.3 is 0 Å². The molecule has 104 valence electrons. The van der Waals surface area contributed by atoms with Gasteiger partial charge < -0.3 is 9.64 Å². The van der Waals surface area contributed by atoms with Gasteiger partial charge in [0.05, 0.1) is 13.2 Å². The molecule has 0 fully saturated rings. The van der Waals surface area contributed by atoms with Crippen LogP contribution in [0.4, 0.5) is 0 Å². The lowest BCUT2D eigenvalue weighted by atomic mass is 9.93. The van der Waals surface area contributed by atoms with E-state index in [1.807, 2.05) is 11.0 Å². The average Bonchev–Trinajstić information content (AvgIpc) is 2.96. The Labute approximate surface area is 118 Å². The van der Waals surface area contributed by atoms with Gasteiger partial charge in [0.25, 0.3) is 0 Å². The van der Waals surface area contributed by atoms with Crippen molar-refractivity contribution in [2.45, 2.75) is 25.8 Å². The quantitative estimate of drug-likeness (QED) is 0.749. The Balaban J connectivity index is 1.99. The molecule has 0 unspecified atom stereocenters. The summed E-state index contributed by atoms with van der Waals surface area (Å²) in [4.78, 5) is 15.7. The average molecular weight is 279 g/mol. The van der Waals surface area contributed by atoms with Crippen molar-refractivity contribution in [3.8, 4) is 0 Å². The van der Waals surface area contributed by atoms with Gasteiger partial charge in [-0.2, -0.15) is 0 Å². The normalized spacial score (nSPS) is 18.5. The van der Waals surface area contributed by atoms with Crippen LogP contribution in [0.25, 0.3) is 0 Å². The van der Waals surface area contributed by atoms with Crippen LogP contribution in [0.1, 0.15) is 24.1 Å². The second-order valence-corrected chi connectivity index (χ2v) is 5.85. The van der Waals surface area contributed by atoms with Gasteiger partial charge in [-0.05, 0) is 30.7 Å². The van der Waals surface area contributed by atoms with Crippen molar-refractivity contribution in [1.82, 2.24) is 4.90 Å². The fourth-order valence-electron chi connectivity index (χ4n) is 2.34. The first-order chi connectivity index (χ1) is 9.31. The molecular formula is C15H21NO2S. The van der Waals surface area contributed by atoms with E-state index in [-0.39, 0.29) is 11.8 Å². The summed E-state index contributed by atoms with van der Waals surface area (Å²) in [6.07, 6.45) is 7.18. The first kappa shape index (κ1) is 14.3. The molecule has 4 heteroatoms. The van der Waals surface area contributed by atoms with Crippen molar-refractivity contribution in [1.29, 1.82) is 0 Å². The zero-order valence-electron chi connectivity index (χ0n) is 11.4. The summed E-state index contributed by atoms with van der Waals surface area (Å²) in [5.41, 5.74) is 0. The number of amides is 1. The van der Waals surface area contributed by atoms with E-state index in [0.717, 1.165) is 19.3 Å². The first-order valence-electron chi connectivity index (χ1n) is 6.76. The summed E-state index contributed by atoms with van der Waals surface area (Å²) in [5, 5.41) is 2.05. The third-order valence-electron chi connectivity index (χ3n) is 3.42. The standard InChI is InChI=1S/C15H21NO2S/c1-18-10-9-16(12-14-8-5-11-19-14)15(17)13-6-3-2-4-7-13/h2-3,5,8,11,13H,4,6-7,9-10,12H2,1H3/t13-/m0/s1. The van der Waals surface area contributed by atoms with Crippen molar-refractivity contribution in [2.75, 3.05) is 20.3 Å². The van der Waals surface area contributed by atoms with Gasteiger partial charge in [0.1, 0.15) is 0 Å². The van der Waals surface area contributed by atoms with Crippen LogP contribution in [0.3, 0.4) is 0 Å². The molecule has 1 aliphatic carbocycles. The van der Waals surface area contributed by atoms with Crippen molar-refractivity contribution in [3.05, 3.63) is 34.5 Å². The Hall–Kier alpha value is -1.13. The molecule has 0 N–H and O–H groups in total. The predicted molar refractivity (Wildman–Crippen MR) is 78.1 cm³/mol. The summed E-state index contributed by atoms with van der Waals surface area (Å²) in [6, 6.07) is 4.11. The van der Waals surface area contributed by atoms with Gasteiger partial charge in [-0.25, -0.2) is 0 Å². The smallest absolute Gasteiger partial charge is 0.226 e. The molecule has 1 aromatic heterocycles. The summed E-state index contributed by atoms with van der Waals surface area (Å²) in [5.74, 6) is 0.427. The number of carbonyl (C=O) groups is 1. The molecule has 0 radical (unpaired) electrons. The first-order valence-corrected chi connectivity index (χ1v) is 7.64. The van der Waals surface area contributed by atoms with E-state index < -0.39 is 0 Å². The highest BCUT2D eigenvalue weighted by Gasteiger charge is 2.24. The van der Waals surface area contributed by atoms with E-state index in [1.165, 1.54) is 4.88 Å². The minimum absolute atomic E-state index is 0.154. The maximum Gasteiger partial charge on any atom is 0.226 e. The van der Waals surface area contributed by atoms with E-state index in [4.69, 9.17) is 4.74 Å². The highest BCUT2D eigenvalue weighted by Crippen LogP contribution is 2.22. The van der Waals surface area contributed by atoms with Crippen molar-refractivity contribution < 1.29 is 9.53 Å². The zero-order valence-corrected chi connectivity index (χ0v) is 12.2. The van der Waals surface area contributed by atoms with Gasteiger partial charge in [0, 0.05) is 24.4 Å². The Morgan fingerprint density at radius 1 is 1.53 bits per heavy atom. The molecule has 19 heavy (non-hydrogen) atoms. The third kappa shape index (κ3) is 4.18. The minimum Gasteiger partial charge on any atom is -0.383 e. The maximum atomic E-state index is 12.6. The van der Waals surface area contributed by atoms with Gasteiger partial charge in [-0.15, -0.1) is 11.3 Å². The van der Waals surface area contributed by atoms with Crippen molar-refractivity contribution in [3.63, 3.8) is 0 Å². The molecule has 0 aromatic carbocycles. The number of nitrogens with zero attached hydrogens (tertiary/aromatic N) is 1. The number of thiophene rings is 1. The van der Waals surface area contributed by atoms with E-state index in [2.05, 4.69) is 23.6 Å². The number of hydrogen-bond donors (Lipinski definition) is 0. The number of methoxy groups -OCH3 is 1. The van der Waals surface area contributed by atoms with Crippen LogP contribution in [0.15, 0.2) is 29.7 Å². The molecule has 0 bridgehead atoms. The van der Waals surface area contributed by atoms with E-state index in [9.17, 15) is 4.79 Å². The van der Waals surface area contributed by atoms with Crippen molar-refractivity contribution >= 4 is 17.2 Å². The fourth-order valence-corrected chi connectivity index (χ4v) is 3.05. The van der Waals surface area contributed by atoms with Crippen LogP contribution in [0.2, 0.25) is 0 Å². The number of carbonyl (C=O) groups excluding carboxylic acids is 1. The van der Waals surface area contributed by atoms with E-state index >= 15 is 0 Å². The van der Waals surface area contributed by atoms with Gasteiger partial charge in [0.2, 0.25) is 5.91 Å². The number of allylic oxidation sites excluding steroid dienone is 2. The zero-order chi connectivity index (χ0) is 13.5. The lowest BCUT2D eigenvalue weighted by molar-refractivity contribution is -0.137. The summed E-state index contributed by atoms with van der Waals surface area (Å²) < 4.78 is 5.12. The molecule has 1 heterocycles. The van der Waals surface area contributed by atoms with Crippen molar-refractivity contribution in [2.24, 2.45) is 5.92 Å². The fraction of sp³-hybridized carbons (Fsp3) is 0.533. The molecule has 0 spiro atoms. The molecule has 0 aliphatic heterocycles. The van der Waals surface area contributed by atoms with Crippen LogP contribution >= 0.6 is 11.3 Å². The minimum atomic E-state index is 0.154. The Morgan fingerprint density at radius 3 is 3.05 bits per heavy atom. The summed E-state index contributed by atoms with van der Waals surface area (Å²) >= 11 is 1.70. The van der Waals surface area contributed by atoms with Crippen LogP contribution in [-0.2, 0) is 16.1 Å². The predicted octanol–water partition coefficient (Wildman–Crippen LogP) is 3.08. The molecule has 0 saturated heterocycles. The second-order valence-electron chi connectivity index (χ2n) is 4.81. The molecule has 3 nitrogen and oxygen atoms in total. The highest BCUT2D eigenvalue weighted by molar-refractivity contribution is 7.09. The number of rotatable bonds is 6. The molecule has 0 saturated carbocycles. The van der Waals surface area contributed by atoms with Crippen LogP contribution < -0.4 is 0 Å². The molecule has 2 rings (SSSR count). The Kier molecular flexibility index (Phi) is 5.61. The monoisotopic (exact) mass is 279 g/mol. The maximum absolute atomic E-state index is 12.6. The third-order valence-corrected chi connectivity index (χ3v) is 4.28. The summed E-state index contributed by atoms with van der Waals surface area (Å²) in [6.45, 7) is 1.98.